The Hall–Kier alpha value is -1.79. The molecule has 1 N–H and O–H groups in total. The number of nitro benzene ring substituents is 1. The summed E-state index contributed by atoms with van der Waals surface area (Å²) in [5.41, 5.74) is 1.94. The van der Waals surface area contributed by atoms with Gasteiger partial charge in [0.05, 0.1) is 4.92 Å². The molecule has 2 aromatic rings. The van der Waals surface area contributed by atoms with Gasteiger partial charge in [-0.25, -0.2) is 4.98 Å². The predicted octanol–water partition coefficient (Wildman–Crippen LogP) is 3.53. The molecule has 0 aliphatic rings. The average molecular weight is 291 g/mol. The van der Waals surface area contributed by atoms with Gasteiger partial charge in [0.25, 0.3) is 5.69 Å². The summed E-state index contributed by atoms with van der Waals surface area (Å²) in [5, 5.41) is 15.0. The molecule has 106 valence electrons. The van der Waals surface area contributed by atoms with Gasteiger partial charge < -0.3 is 5.32 Å². The summed E-state index contributed by atoms with van der Waals surface area (Å²) < 4.78 is 0. The molecule has 20 heavy (non-hydrogen) atoms. The smallest absolute Gasteiger partial charge is 0.270 e. The van der Waals surface area contributed by atoms with E-state index in [0.717, 1.165) is 40.5 Å². The van der Waals surface area contributed by atoms with Gasteiger partial charge in [-0.15, -0.1) is 11.3 Å². The number of aromatic nitrogens is 1. The maximum Gasteiger partial charge on any atom is 0.270 e. The Balaban J connectivity index is 2.23. The second-order valence-electron chi connectivity index (χ2n) is 4.56. The summed E-state index contributed by atoms with van der Waals surface area (Å²) in [6.07, 6.45) is 2.93. The average Bonchev–Trinajstić information content (AvgIpc) is 2.88. The number of aryl methyl sites for hydroxylation is 1. The highest BCUT2D eigenvalue weighted by Crippen LogP contribution is 2.30. The molecular formula is C14H17N3O2S. The topological polar surface area (TPSA) is 68.1 Å². The molecule has 0 saturated carbocycles. The fraction of sp³-hybridized carbons (Fsp3) is 0.357. The lowest BCUT2D eigenvalue weighted by Gasteiger charge is -2.02. The van der Waals surface area contributed by atoms with Gasteiger partial charge >= 0.3 is 0 Å². The quantitative estimate of drug-likeness (QED) is 0.502. The number of benzene rings is 1. The van der Waals surface area contributed by atoms with Crippen molar-refractivity contribution in [3.63, 3.8) is 0 Å². The molecule has 0 aliphatic carbocycles. The number of rotatable bonds is 6. The summed E-state index contributed by atoms with van der Waals surface area (Å²) in [6.45, 7) is 5.83. The molecule has 1 aromatic carbocycles. The van der Waals surface area contributed by atoms with Crippen molar-refractivity contribution in [3.8, 4) is 10.6 Å². The first-order chi connectivity index (χ1) is 9.61. The number of non-ortho nitro benzene ring substituents is 1. The molecule has 6 heteroatoms. The lowest BCUT2D eigenvalue weighted by Crippen LogP contribution is -2.12. The molecule has 0 saturated heterocycles. The number of nitrogens with one attached hydrogen (secondary N) is 1. The summed E-state index contributed by atoms with van der Waals surface area (Å²) in [6, 6.07) is 4.89. The molecule has 0 unspecified atom stereocenters. The maximum atomic E-state index is 10.9. The maximum absolute atomic E-state index is 10.9. The van der Waals surface area contributed by atoms with E-state index in [-0.39, 0.29) is 10.6 Å². The van der Waals surface area contributed by atoms with Gasteiger partial charge in [0.2, 0.25) is 0 Å². The number of hydrogen-bond donors (Lipinski definition) is 1. The van der Waals surface area contributed by atoms with Crippen LogP contribution in [0.4, 0.5) is 5.69 Å². The highest BCUT2D eigenvalue weighted by atomic mass is 32.1. The van der Waals surface area contributed by atoms with Gasteiger partial charge in [-0.05, 0) is 25.5 Å². The Labute approximate surface area is 121 Å². The minimum absolute atomic E-state index is 0.103. The van der Waals surface area contributed by atoms with E-state index in [1.807, 2.05) is 13.1 Å². The van der Waals surface area contributed by atoms with Crippen molar-refractivity contribution in [3.05, 3.63) is 45.0 Å². The van der Waals surface area contributed by atoms with Crippen molar-refractivity contribution in [2.75, 3.05) is 6.54 Å². The number of nitrogens with zero attached hydrogens (tertiary/aromatic N) is 2. The van der Waals surface area contributed by atoms with E-state index in [2.05, 4.69) is 17.2 Å². The standard InChI is InChI=1S/C14H17N3O2S/c1-3-6-15-8-12-9-16-14(20-12)13-7-11(17(18)19)5-4-10(13)2/h4-5,7,9,15H,3,6,8H2,1-2H3. The van der Waals surface area contributed by atoms with E-state index >= 15 is 0 Å². The van der Waals surface area contributed by atoms with Crippen LogP contribution >= 0.6 is 11.3 Å². The fourth-order valence-electron chi connectivity index (χ4n) is 1.86. The zero-order valence-electron chi connectivity index (χ0n) is 11.5. The van der Waals surface area contributed by atoms with Gasteiger partial charge in [-0.2, -0.15) is 0 Å². The molecule has 1 aromatic heterocycles. The molecule has 0 bridgehead atoms. The van der Waals surface area contributed by atoms with Crippen LogP contribution in [-0.2, 0) is 6.54 Å². The van der Waals surface area contributed by atoms with Crippen molar-refractivity contribution in [1.29, 1.82) is 0 Å². The van der Waals surface area contributed by atoms with Gasteiger partial charge in [-0.3, -0.25) is 10.1 Å². The zero-order valence-corrected chi connectivity index (χ0v) is 12.4. The summed E-state index contributed by atoms with van der Waals surface area (Å²) in [5.74, 6) is 0. The Morgan fingerprint density at radius 1 is 1.45 bits per heavy atom. The van der Waals surface area contributed by atoms with Crippen LogP contribution in [0, 0.1) is 17.0 Å². The Morgan fingerprint density at radius 3 is 2.95 bits per heavy atom. The van der Waals surface area contributed by atoms with Crippen LogP contribution in [0.25, 0.3) is 10.6 Å². The highest BCUT2D eigenvalue weighted by Gasteiger charge is 2.13. The van der Waals surface area contributed by atoms with Crippen molar-refractivity contribution in [2.45, 2.75) is 26.8 Å². The van der Waals surface area contributed by atoms with Crippen LogP contribution in [0.2, 0.25) is 0 Å². The van der Waals surface area contributed by atoms with E-state index in [0.29, 0.717) is 0 Å². The zero-order chi connectivity index (χ0) is 14.5. The van der Waals surface area contributed by atoms with Crippen molar-refractivity contribution in [1.82, 2.24) is 10.3 Å². The summed E-state index contributed by atoms with van der Waals surface area (Å²) in [7, 11) is 0. The molecule has 0 radical (unpaired) electrons. The third kappa shape index (κ3) is 3.40. The predicted molar refractivity (Wildman–Crippen MR) is 80.9 cm³/mol. The van der Waals surface area contributed by atoms with Crippen molar-refractivity contribution >= 4 is 17.0 Å². The molecule has 5 nitrogen and oxygen atoms in total. The highest BCUT2D eigenvalue weighted by molar-refractivity contribution is 7.15. The minimum Gasteiger partial charge on any atom is -0.312 e. The molecule has 0 spiro atoms. The Morgan fingerprint density at radius 2 is 2.25 bits per heavy atom. The molecule has 0 aliphatic heterocycles. The van der Waals surface area contributed by atoms with E-state index in [1.165, 1.54) is 6.07 Å². The van der Waals surface area contributed by atoms with E-state index in [1.54, 1.807) is 23.5 Å². The third-order valence-electron chi connectivity index (χ3n) is 2.94. The van der Waals surface area contributed by atoms with E-state index in [9.17, 15) is 10.1 Å². The molecule has 0 amide bonds. The number of nitro groups is 1. The van der Waals surface area contributed by atoms with Crippen LogP contribution in [0.5, 0.6) is 0 Å². The van der Waals surface area contributed by atoms with E-state index in [4.69, 9.17) is 0 Å². The van der Waals surface area contributed by atoms with E-state index < -0.39 is 0 Å². The Bertz CT molecular complexity index is 610. The summed E-state index contributed by atoms with van der Waals surface area (Å²) in [4.78, 5) is 16.0. The third-order valence-corrected chi connectivity index (χ3v) is 3.97. The molecule has 1 heterocycles. The number of thiazole rings is 1. The summed E-state index contributed by atoms with van der Waals surface area (Å²) >= 11 is 1.57. The van der Waals surface area contributed by atoms with Crippen molar-refractivity contribution in [2.24, 2.45) is 0 Å². The van der Waals surface area contributed by atoms with Crippen LogP contribution in [0.1, 0.15) is 23.8 Å². The van der Waals surface area contributed by atoms with Gasteiger partial charge in [0, 0.05) is 35.3 Å². The lowest BCUT2D eigenvalue weighted by molar-refractivity contribution is -0.384. The molecule has 2 rings (SSSR count). The Kier molecular flexibility index (Phi) is 4.81. The first kappa shape index (κ1) is 14.6. The van der Waals surface area contributed by atoms with Crippen molar-refractivity contribution < 1.29 is 4.92 Å². The lowest BCUT2D eigenvalue weighted by atomic mass is 10.1. The SMILES string of the molecule is CCCNCc1cnc(-c2cc([N+](=O)[O-])ccc2C)s1. The molecule has 0 fully saturated rings. The van der Waals surface area contributed by atoms with Gasteiger partial charge in [0.1, 0.15) is 5.01 Å². The van der Waals surface area contributed by atoms with Gasteiger partial charge in [-0.1, -0.05) is 13.0 Å². The molecular weight excluding hydrogens is 274 g/mol. The first-order valence-corrected chi connectivity index (χ1v) is 7.34. The normalized spacial score (nSPS) is 10.7. The van der Waals surface area contributed by atoms with Crippen LogP contribution in [0.15, 0.2) is 24.4 Å². The first-order valence-electron chi connectivity index (χ1n) is 6.52. The van der Waals surface area contributed by atoms with Crippen LogP contribution in [-0.4, -0.2) is 16.5 Å². The van der Waals surface area contributed by atoms with Crippen LogP contribution < -0.4 is 5.32 Å². The molecule has 0 atom stereocenters. The minimum atomic E-state index is -0.375. The monoisotopic (exact) mass is 291 g/mol. The number of hydrogen-bond acceptors (Lipinski definition) is 5. The second-order valence-corrected chi connectivity index (χ2v) is 5.68. The second kappa shape index (κ2) is 6.58. The fourth-order valence-corrected chi connectivity index (χ4v) is 2.82. The van der Waals surface area contributed by atoms with Crippen LogP contribution in [0.3, 0.4) is 0 Å². The largest absolute Gasteiger partial charge is 0.312 e. The van der Waals surface area contributed by atoms with Gasteiger partial charge in [0.15, 0.2) is 0 Å².